The van der Waals surface area contributed by atoms with Crippen LogP contribution in [-0.4, -0.2) is 59.3 Å². The van der Waals surface area contributed by atoms with Crippen LogP contribution in [0.25, 0.3) is 0 Å². The van der Waals surface area contributed by atoms with E-state index in [1.807, 2.05) is 40.9 Å². The van der Waals surface area contributed by atoms with Crippen molar-refractivity contribution in [3.63, 3.8) is 0 Å². The van der Waals surface area contributed by atoms with E-state index in [0.29, 0.717) is 30.2 Å². The van der Waals surface area contributed by atoms with Gasteiger partial charge >= 0.3 is 0 Å². The predicted molar refractivity (Wildman–Crippen MR) is 184 cm³/mol. The number of methoxy groups -OCH3 is 1. The zero-order valence-electron chi connectivity index (χ0n) is 29.3. The lowest BCUT2D eigenvalue weighted by Gasteiger charge is -2.41. The Labute approximate surface area is 263 Å². The molecule has 0 unspecified atom stereocenters. The molecule has 0 spiro atoms. The molecule has 0 saturated carbocycles. The van der Waals surface area contributed by atoms with Crippen molar-refractivity contribution in [1.29, 1.82) is 0 Å². The van der Waals surface area contributed by atoms with Crippen molar-refractivity contribution in [1.82, 2.24) is 19.9 Å². The number of pyridine rings is 1. The van der Waals surface area contributed by atoms with Crippen molar-refractivity contribution in [2.24, 2.45) is 12.0 Å². The molecule has 244 valence electrons. The quantitative estimate of drug-likeness (QED) is 0.345. The van der Waals surface area contributed by atoms with Crippen molar-refractivity contribution in [2.75, 3.05) is 43.5 Å². The fraction of sp³-hybridized carbons (Fsp3) is 0.647. The molecule has 2 N–H and O–H groups in total. The van der Waals surface area contributed by atoms with E-state index in [1.54, 1.807) is 10.8 Å². The highest BCUT2D eigenvalue weighted by atomic mass is 16.5. The van der Waals surface area contributed by atoms with Crippen molar-refractivity contribution in [3.8, 4) is 18.7 Å². The fourth-order valence-corrected chi connectivity index (χ4v) is 4.29. The summed E-state index contributed by atoms with van der Waals surface area (Å²) in [6.45, 7) is 24.9. The Hall–Kier alpha value is -3.38. The molecule has 43 heavy (non-hydrogen) atoms. The monoisotopic (exact) mass is 599 g/mol. The molecule has 0 radical (unpaired) electrons. The number of hydrogen-bond acceptors (Lipinski definition) is 7. The second kappa shape index (κ2) is 24.1. The second-order valence-electron chi connectivity index (χ2n) is 10.4. The van der Waals surface area contributed by atoms with Crippen molar-refractivity contribution in [2.45, 2.75) is 107 Å². The van der Waals surface area contributed by atoms with Crippen LogP contribution in [0.15, 0.2) is 23.5 Å². The minimum Gasteiger partial charge on any atom is -0.479 e. The van der Waals surface area contributed by atoms with E-state index < -0.39 is 0 Å². The first-order valence-electron chi connectivity index (χ1n) is 15.8. The van der Waals surface area contributed by atoms with Gasteiger partial charge < -0.3 is 24.8 Å². The Morgan fingerprint density at radius 1 is 1.16 bits per heavy atom. The highest BCUT2D eigenvalue weighted by Crippen LogP contribution is 2.26. The van der Waals surface area contributed by atoms with E-state index in [0.717, 1.165) is 32.5 Å². The number of anilines is 2. The smallest absolute Gasteiger partial charge is 0.242 e. The number of rotatable bonds is 8. The highest BCUT2D eigenvalue weighted by Gasteiger charge is 2.27. The van der Waals surface area contributed by atoms with Gasteiger partial charge in [-0.3, -0.25) is 14.8 Å². The Balaban J connectivity index is 0. The van der Waals surface area contributed by atoms with Crippen LogP contribution in [0.2, 0.25) is 0 Å². The van der Waals surface area contributed by atoms with Crippen LogP contribution >= 0.6 is 0 Å². The third kappa shape index (κ3) is 15.6. The van der Waals surface area contributed by atoms with E-state index in [1.165, 1.54) is 36.9 Å². The van der Waals surface area contributed by atoms with E-state index in [9.17, 15) is 4.79 Å². The molecule has 9 nitrogen and oxygen atoms in total. The average Bonchev–Trinajstić information content (AvgIpc) is 2.98. The number of terminal acetylenes is 1. The maximum atomic E-state index is 11.6. The molecule has 3 heterocycles. The van der Waals surface area contributed by atoms with Crippen molar-refractivity contribution >= 4 is 17.3 Å². The lowest BCUT2D eigenvalue weighted by Crippen LogP contribution is -2.57. The van der Waals surface area contributed by atoms with Gasteiger partial charge in [-0.1, -0.05) is 54.4 Å². The molecular formula is C34H61N7O2. The topological polar surface area (TPSA) is 96.7 Å². The van der Waals surface area contributed by atoms with Gasteiger partial charge in [0.2, 0.25) is 17.4 Å². The minimum absolute atomic E-state index is 0.0437. The second-order valence-corrected chi connectivity index (χ2v) is 10.4. The lowest BCUT2D eigenvalue weighted by atomic mass is 9.99. The fourth-order valence-electron chi connectivity index (χ4n) is 4.29. The average molecular weight is 600 g/mol. The summed E-state index contributed by atoms with van der Waals surface area (Å²) in [4.78, 5) is 27.0. The van der Waals surface area contributed by atoms with Gasteiger partial charge in [0.05, 0.1) is 7.11 Å². The van der Waals surface area contributed by atoms with Crippen LogP contribution in [0.1, 0.15) is 99.3 Å². The summed E-state index contributed by atoms with van der Waals surface area (Å²) in [7, 11) is 3.35. The van der Waals surface area contributed by atoms with Gasteiger partial charge in [0.25, 0.3) is 0 Å². The van der Waals surface area contributed by atoms with Crippen molar-refractivity contribution < 1.29 is 9.53 Å². The molecule has 0 atom stereocenters. The molecule has 3 rings (SSSR count). The number of carbonyl (C=O) groups is 1. The first-order valence-corrected chi connectivity index (χ1v) is 15.8. The maximum absolute atomic E-state index is 11.6. The van der Waals surface area contributed by atoms with Crippen LogP contribution in [0, 0.1) is 19.8 Å². The number of piperazine rings is 1. The summed E-state index contributed by atoms with van der Waals surface area (Å²) in [5, 5.41) is 6.35. The molecule has 9 heteroatoms. The molecule has 2 aromatic heterocycles. The molecule has 1 saturated heterocycles. The number of aromatic nitrogens is 3. The van der Waals surface area contributed by atoms with Gasteiger partial charge in [-0.25, -0.2) is 0 Å². The van der Waals surface area contributed by atoms with Gasteiger partial charge in [0.1, 0.15) is 5.69 Å². The summed E-state index contributed by atoms with van der Waals surface area (Å²) in [6.07, 6.45) is 16.5. The number of ether oxygens (including phenoxy) is 1. The Morgan fingerprint density at radius 3 is 2.30 bits per heavy atom. The Morgan fingerprint density at radius 2 is 1.79 bits per heavy atom. The zero-order valence-corrected chi connectivity index (χ0v) is 29.3. The van der Waals surface area contributed by atoms with Crippen molar-refractivity contribution in [3.05, 3.63) is 35.3 Å². The number of nitrogens with one attached hydrogen (secondary N) is 2. The Bertz CT molecular complexity index is 1120. The molecule has 1 aliphatic rings. The van der Waals surface area contributed by atoms with E-state index in [4.69, 9.17) is 4.74 Å². The minimum atomic E-state index is -0.0437. The largest absolute Gasteiger partial charge is 0.479 e. The predicted octanol–water partition coefficient (Wildman–Crippen LogP) is 6.31. The SMILES string of the molecule is C#C.CC.CCC.CCCC(=O)Nc1cn(C)c(=NCC)nc1OC.CCCc1c(N2CCNC(C)(C)C2)ccnc1C. The molecule has 0 aliphatic carbocycles. The molecule has 0 aromatic carbocycles. The first kappa shape index (κ1) is 41.8. The van der Waals surface area contributed by atoms with Crippen LogP contribution in [0.3, 0.4) is 0 Å². The first-order chi connectivity index (χ1) is 20.6. The van der Waals surface area contributed by atoms with Crippen LogP contribution in [0.4, 0.5) is 11.4 Å². The third-order valence-corrected chi connectivity index (χ3v) is 5.97. The van der Waals surface area contributed by atoms with Crippen LogP contribution < -0.4 is 25.9 Å². The molecule has 1 amide bonds. The normalized spacial score (nSPS) is 13.3. The Kier molecular flexibility index (Phi) is 23.4. The summed E-state index contributed by atoms with van der Waals surface area (Å²) in [5.74, 6) is 0.336. The molecule has 1 fully saturated rings. The van der Waals surface area contributed by atoms with Gasteiger partial charge in [-0.15, -0.1) is 12.8 Å². The number of hydrogen-bond donors (Lipinski definition) is 2. The summed E-state index contributed by atoms with van der Waals surface area (Å²) >= 11 is 0. The number of carbonyl (C=O) groups excluding carboxylic acids is 1. The number of nitrogens with zero attached hydrogens (tertiary/aromatic N) is 5. The third-order valence-electron chi connectivity index (χ3n) is 5.97. The molecular weight excluding hydrogens is 538 g/mol. The molecule has 1 aliphatic heterocycles. The van der Waals surface area contributed by atoms with Crippen LogP contribution in [0.5, 0.6) is 5.88 Å². The molecule has 0 bridgehead atoms. The summed E-state index contributed by atoms with van der Waals surface area (Å²) in [6, 6.07) is 2.18. The van der Waals surface area contributed by atoms with E-state index in [2.05, 4.69) is 90.9 Å². The van der Waals surface area contributed by atoms with Gasteiger partial charge in [0, 0.05) is 69.0 Å². The molecule has 2 aromatic rings. The van der Waals surface area contributed by atoms with Gasteiger partial charge in [0.15, 0.2) is 0 Å². The number of amides is 1. The van der Waals surface area contributed by atoms with Gasteiger partial charge in [-0.05, 0) is 52.2 Å². The lowest BCUT2D eigenvalue weighted by molar-refractivity contribution is -0.116. The van der Waals surface area contributed by atoms with E-state index >= 15 is 0 Å². The van der Waals surface area contributed by atoms with Gasteiger partial charge in [-0.2, -0.15) is 4.98 Å². The number of aryl methyl sites for hydroxylation is 2. The van der Waals surface area contributed by atoms with Crippen LogP contribution in [-0.2, 0) is 18.3 Å². The maximum Gasteiger partial charge on any atom is 0.242 e. The zero-order chi connectivity index (χ0) is 33.4. The highest BCUT2D eigenvalue weighted by molar-refractivity contribution is 5.91. The standard InChI is InChI=1S/C15H25N3.C12H20N4O2.C3H8.C2H6.C2H2/c1-5-6-13-12(2)16-8-7-14(13)18-10-9-17-15(3,4)11-18;1-5-7-10(17)14-9-8-16(3)12(13-6-2)15-11(9)18-4;1-3-2;2*1-2/h7-8,17H,5-6,9-11H2,1-4H3;8H,5-7H2,1-4H3,(H,14,17);3H2,1-2H3;1-2H3;1-2H. The summed E-state index contributed by atoms with van der Waals surface area (Å²) < 4.78 is 6.92. The van der Waals surface area contributed by atoms with E-state index in [-0.39, 0.29) is 11.4 Å². The summed E-state index contributed by atoms with van der Waals surface area (Å²) in [5.41, 5.74) is 5.33.